The standard InChI is InChI=1S/C4H2N4S.H3O4P/c1-2-9-7-4-3(1)5-8-6-4;1-5(2,3)4/h1-2H;(H3,1,2,3,4). The third-order valence-corrected chi connectivity index (χ3v) is 1.48. The highest BCUT2D eigenvalue weighted by molar-refractivity contribution is 7.45. The quantitative estimate of drug-likeness (QED) is 0.522. The van der Waals surface area contributed by atoms with E-state index in [0.717, 1.165) is 5.69 Å². The Bertz CT molecular complexity index is 380. The molecule has 0 unspecified atom stereocenters. The first-order valence-corrected chi connectivity index (χ1v) is 5.55. The Morgan fingerprint density at radius 2 is 1.93 bits per heavy atom. The Kier molecular flexibility index (Phi) is 3.55. The molecule has 0 saturated carbocycles. The largest absolute Gasteiger partial charge is 0.466 e. The molecular formula is C4H5N4O4PS. The van der Waals surface area contributed by atoms with Crippen LogP contribution in [0.1, 0.15) is 0 Å². The lowest BCUT2D eigenvalue weighted by atomic mass is 10.4. The van der Waals surface area contributed by atoms with Gasteiger partial charge in [-0.25, -0.2) is 4.57 Å². The van der Waals surface area contributed by atoms with Gasteiger partial charge in [-0.15, -0.1) is 10.2 Å². The van der Waals surface area contributed by atoms with Gasteiger partial charge in [0.25, 0.3) is 0 Å². The smallest absolute Gasteiger partial charge is 0.303 e. The molecular weight excluding hydrogens is 231 g/mol. The maximum atomic E-state index is 8.88. The minimum atomic E-state index is -4.64. The first-order chi connectivity index (χ1) is 6.47. The van der Waals surface area contributed by atoms with E-state index in [1.54, 1.807) is 0 Å². The molecule has 8 nitrogen and oxygen atoms in total. The summed E-state index contributed by atoms with van der Waals surface area (Å²) in [6, 6.07) is 1.84. The van der Waals surface area contributed by atoms with E-state index < -0.39 is 7.82 Å². The van der Waals surface area contributed by atoms with Crippen LogP contribution in [0.2, 0.25) is 0 Å². The van der Waals surface area contributed by atoms with Crippen LogP contribution in [0.4, 0.5) is 0 Å². The van der Waals surface area contributed by atoms with Crippen LogP contribution >= 0.6 is 19.4 Å². The third-order valence-electron chi connectivity index (χ3n) is 0.947. The lowest BCUT2D eigenvalue weighted by Gasteiger charge is -1.83. The van der Waals surface area contributed by atoms with Crippen molar-refractivity contribution in [3.8, 4) is 11.5 Å². The van der Waals surface area contributed by atoms with E-state index in [9.17, 15) is 0 Å². The Hall–Kier alpha value is -0.990. The number of fused-ring (bicyclic) bond motifs is 1. The van der Waals surface area contributed by atoms with Gasteiger partial charge in [0.15, 0.2) is 0 Å². The van der Waals surface area contributed by atoms with Crippen molar-refractivity contribution in [2.45, 2.75) is 0 Å². The SMILES string of the molecule is O=P(O)(O)O.c1cc2nnnc-2ns1. The predicted octanol–water partition coefficient (Wildman–Crippen LogP) is -0.496. The van der Waals surface area contributed by atoms with Gasteiger partial charge in [0.05, 0.1) is 0 Å². The summed E-state index contributed by atoms with van der Waals surface area (Å²) in [6.07, 6.45) is 0. The van der Waals surface area contributed by atoms with Gasteiger partial charge in [-0.1, -0.05) is 0 Å². The van der Waals surface area contributed by atoms with Crippen LogP contribution in [0, 0.1) is 0 Å². The first kappa shape index (κ1) is 11.1. The molecule has 0 bridgehead atoms. The summed E-state index contributed by atoms with van der Waals surface area (Å²) >= 11 is 1.34. The van der Waals surface area contributed by atoms with Gasteiger partial charge in [0.1, 0.15) is 5.69 Å². The number of rotatable bonds is 0. The van der Waals surface area contributed by atoms with Gasteiger partial charge in [-0.2, -0.15) is 4.37 Å². The Morgan fingerprint density at radius 1 is 1.29 bits per heavy atom. The fourth-order valence-electron chi connectivity index (χ4n) is 0.557. The summed E-state index contributed by atoms with van der Waals surface area (Å²) in [5, 5.41) is 12.7. The van der Waals surface area contributed by atoms with Crippen molar-refractivity contribution in [3.63, 3.8) is 0 Å². The molecule has 3 N–H and O–H groups in total. The van der Waals surface area contributed by atoms with Crippen molar-refractivity contribution in [3.05, 3.63) is 11.4 Å². The van der Waals surface area contributed by atoms with E-state index in [1.807, 2.05) is 11.4 Å². The second-order valence-electron chi connectivity index (χ2n) is 2.01. The molecule has 0 aromatic heterocycles. The van der Waals surface area contributed by atoms with E-state index in [1.165, 1.54) is 11.5 Å². The Balaban J connectivity index is 0.000000171. The summed E-state index contributed by atoms with van der Waals surface area (Å²) in [4.78, 5) is 21.6. The van der Waals surface area contributed by atoms with E-state index in [0.29, 0.717) is 5.82 Å². The van der Waals surface area contributed by atoms with Crippen LogP contribution in [0.3, 0.4) is 0 Å². The highest BCUT2D eigenvalue weighted by Crippen LogP contribution is 2.25. The molecule has 0 fully saturated rings. The molecule has 2 aliphatic heterocycles. The molecule has 0 aliphatic carbocycles. The second kappa shape index (κ2) is 4.49. The van der Waals surface area contributed by atoms with E-state index >= 15 is 0 Å². The molecule has 2 rings (SSSR count). The van der Waals surface area contributed by atoms with E-state index in [-0.39, 0.29) is 0 Å². The lowest BCUT2D eigenvalue weighted by molar-refractivity contribution is 0.275. The topological polar surface area (TPSA) is 129 Å². The molecule has 0 amide bonds. The molecule has 76 valence electrons. The van der Waals surface area contributed by atoms with Crippen LogP contribution < -0.4 is 0 Å². The summed E-state index contributed by atoms with van der Waals surface area (Å²) in [7, 11) is -4.64. The maximum Gasteiger partial charge on any atom is 0.466 e. The van der Waals surface area contributed by atoms with Crippen LogP contribution in [-0.2, 0) is 4.57 Å². The first-order valence-electron chi connectivity index (χ1n) is 3.14. The molecule has 0 aromatic carbocycles. The van der Waals surface area contributed by atoms with Crippen molar-refractivity contribution in [2.75, 3.05) is 0 Å². The summed E-state index contributed by atoms with van der Waals surface area (Å²) < 4.78 is 12.8. The predicted molar refractivity (Wildman–Crippen MR) is 46.4 cm³/mol. The highest BCUT2D eigenvalue weighted by Gasteiger charge is 2.04. The molecule has 0 atom stereocenters. The molecule has 0 spiro atoms. The lowest BCUT2D eigenvalue weighted by Crippen LogP contribution is -1.77. The van der Waals surface area contributed by atoms with Crippen molar-refractivity contribution in [1.29, 1.82) is 0 Å². The van der Waals surface area contributed by atoms with Gasteiger partial charge in [-0.3, -0.25) is 0 Å². The van der Waals surface area contributed by atoms with Crippen LogP contribution in [0.15, 0.2) is 11.4 Å². The second-order valence-corrected chi connectivity index (χ2v) is 3.70. The van der Waals surface area contributed by atoms with Gasteiger partial charge in [0.2, 0.25) is 5.82 Å². The van der Waals surface area contributed by atoms with E-state index in [2.05, 4.69) is 19.8 Å². The molecule has 14 heavy (non-hydrogen) atoms. The molecule has 2 aliphatic rings. The zero-order valence-electron chi connectivity index (χ0n) is 6.55. The molecule has 0 saturated heterocycles. The van der Waals surface area contributed by atoms with Gasteiger partial charge >= 0.3 is 7.82 Å². The van der Waals surface area contributed by atoms with Crippen molar-refractivity contribution in [1.82, 2.24) is 19.8 Å². The normalized spacial score (nSPS) is 10.8. The number of aromatic nitrogens is 4. The third kappa shape index (κ3) is 4.30. The van der Waals surface area contributed by atoms with Crippen LogP contribution in [-0.4, -0.2) is 34.5 Å². The molecule has 0 aromatic rings. The van der Waals surface area contributed by atoms with Crippen molar-refractivity contribution < 1.29 is 19.2 Å². The number of nitrogens with zero attached hydrogens (tertiary/aromatic N) is 4. The molecule has 0 radical (unpaired) electrons. The van der Waals surface area contributed by atoms with Gasteiger partial charge in [-0.05, 0) is 22.8 Å². The average molecular weight is 236 g/mol. The monoisotopic (exact) mass is 236 g/mol. The fourth-order valence-corrected chi connectivity index (χ4v) is 1.04. The summed E-state index contributed by atoms with van der Waals surface area (Å²) in [5.41, 5.74) is 0.758. The minimum absolute atomic E-state index is 0.627. The number of hydrogen-bond acceptors (Lipinski definition) is 6. The fraction of sp³-hybridized carbons (Fsp3) is 0. The van der Waals surface area contributed by atoms with Crippen molar-refractivity contribution in [2.24, 2.45) is 0 Å². The Labute approximate surface area is 82.0 Å². The van der Waals surface area contributed by atoms with Gasteiger partial charge < -0.3 is 14.7 Å². The maximum absolute atomic E-state index is 8.88. The summed E-state index contributed by atoms with van der Waals surface area (Å²) in [6.45, 7) is 0. The van der Waals surface area contributed by atoms with E-state index in [4.69, 9.17) is 19.2 Å². The van der Waals surface area contributed by atoms with Gasteiger partial charge in [0, 0.05) is 5.38 Å². The highest BCUT2D eigenvalue weighted by atomic mass is 32.1. The molecule has 2 heterocycles. The van der Waals surface area contributed by atoms with Crippen molar-refractivity contribution >= 4 is 19.4 Å². The minimum Gasteiger partial charge on any atom is -0.303 e. The zero-order valence-corrected chi connectivity index (χ0v) is 8.26. The zero-order chi connectivity index (χ0) is 10.6. The van der Waals surface area contributed by atoms with Crippen LogP contribution in [0.25, 0.3) is 11.5 Å². The number of hydrogen-bond donors (Lipinski definition) is 3. The molecule has 10 heteroatoms. The van der Waals surface area contributed by atoms with Crippen LogP contribution in [0.5, 0.6) is 0 Å². The average Bonchev–Trinajstić information content (AvgIpc) is 2.47. The Morgan fingerprint density at radius 3 is 2.50 bits per heavy atom. The number of phosphoric acid groups is 1. The summed E-state index contributed by atoms with van der Waals surface area (Å²) in [5.74, 6) is 0.627.